The number of hydrogen-bond donors (Lipinski definition) is 1. The van der Waals surface area contributed by atoms with Crippen LogP contribution >= 0.6 is 11.6 Å². The van der Waals surface area contributed by atoms with Crippen LogP contribution in [0.25, 0.3) is 0 Å². The van der Waals surface area contributed by atoms with Crippen molar-refractivity contribution in [1.29, 1.82) is 0 Å². The van der Waals surface area contributed by atoms with E-state index in [1.807, 2.05) is 43.3 Å². The standard InChI is InChI=1S/C25H31ClN2O3/c1-3-23(25(30)27-21-8-4-5-9-21)28(17-19-7-6-10-22(15-19)31-2)24(29)16-18-11-13-20(26)14-12-18/h6-7,10-15,21,23H,3-5,8-9,16-17H2,1-2H3,(H,27,30)/t23-/m1/s1. The minimum atomic E-state index is -0.522. The lowest BCUT2D eigenvalue weighted by atomic mass is 10.1. The van der Waals surface area contributed by atoms with E-state index in [-0.39, 0.29) is 24.3 Å². The average Bonchev–Trinajstić information content (AvgIpc) is 3.28. The highest BCUT2D eigenvalue weighted by atomic mass is 35.5. The molecule has 1 fully saturated rings. The summed E-state index contributed by atoms with van der Waals surface area (Å²) in [6.45, 7) is 2.30. The van der Waals surface area contributed by atoms with Crippen molar-refractivity contribution in [2.75, 3.05) is 7.11 Å². The third-order valence-electron chi connectivity index (χ3n) is 5.84. The highest BCUT2D eigenvalue weighted by Gasteiger charge is 2.30. The van der Waals surface area contributed by atoms with Crippen molar-refractivity contribution in [3.05, 3.63) is 64.7 Å². The third kappa shape index (κ3) is 6.47. The second-order valence-corrected chi connectivity index (χ2v) is 8.53. The maximum atomic E-state index is 13.4. The van der Waals surface area contributed by atoms with Gasteiger partial charge < -0.3 is 15.0 Å². The van der Waals surface area contributed by atoms with Gasteiger partial charge in [-0.3, -0.25) is 9.59 Å². The van der Waals surface area contributed by atoms with Crippen LogP contribution in [0.5, 0.6) is 5.75 Å². The van der Waals surface area contributed by atoms with Gasteiger partial charge in [0.1, 0.15) is 11.8 Å². The van der Waals surface area contributed by atoms with Gasteiger partial charge in [-0.25, -0.2) is 0 Å². The normalized spacial score (nSPS) is 14.8. The summed E-state index contributed by atoms with van der Waals surface area (Å²) in [5, 5.41) is 3.80. The second kappa shape index (κ2) is 11.2. The molecule has 0 heterocycles. The van der Waals surface area contributed by atoms with Crippen LogP contribution in [0.1, 0.15) is 50.2 Å². The van der Waals surface area contributed by atoms with Gasteiger partial charge in [0.2, 0.25) is 11.8 Å². The molecular formula is C25H31ClN2O3. The smallest absolute Gasteiger partial charge is 0.243 e. The van der Waals surface area contributed by atoms with E-state index in [4.69, 9.17) is 16.3 Å². The topological polar surface area (TPSA) is 58.6 Å². The molecule has 0 saturated heterocycles. The first-order valence-electron chi connectivity index (χ1n) is 11.0. The molecule has 166 valence electrons. The lowest BCUT2D eigenvalue weighted by molar-refractivity contribution is -0.141. The quantitative estimate of drug-likeness (QED) is 0.609. The first kappa shape index (κ1) is 23.1. The van der Waals surface area contributed by atoms with Crippen LogP contribution in [-0.4, -0.2) is 35.9 Å². The molecule has 1 atom stereocenters. The van der Waals surface area contributed by atoms with Crippen molar-refractivity contribution in [1.82, 2.24) is 10.2 Å². The molecule has 0 bridgehead atoms. The fourth-order valence-corrected chi connectivity index (χ4v) is 4.26. The highest BCUT2D eigenvalue weighted by Crippen LogP contribution is 2.21. The fraction of sp³-hybridized carbons (Fsp3) is 0.440. The molecule has 0 aliphatic heterocycles. The van der Waals surface area contributed by atoms with Gasteiger partial charge in [-0.05, 0) is 54.7 Å². The van der Waals surface area contributed by atoms with E-state index >= 15 is 0 Å². The van der Waals surface area contributed by atoms with Crippen LogP contribution in [0.4, 0.5) is 0 Å². The second-order valence-electron chi connectivity index (χ2n) is 8.09. The van der Waals surface area contributed by atoms with E-state index in [0.29, 0.717) is 18.0 Å². The molecule has 2 amide bonds. The molecular weight excluding hydrogens is 412 g/mol. The Bertz CT molecular complexity index is 879. The van der Waals surface area contributed by atoms with Gasteiger partial charge >= 0.3 is 0 Å². The minimum absolute atomic E-state index is 0.0678. The number of carbonyl (C=O) groups is 2. The lowest BCUT2D eigenvalue weighted by Crippen LogP contribution is -2.51. The zero-order chi connectivity index (χ0) is 22.2. The zero-order valence-corrected chi connectivity index (χ0v) is 19.0. The Morgan fingerprint density at radius 2 is 1.84 bits per heavy atom. The summed E-state index contributed by atoms with van der Waals surface area (Å²) in [5.74, 6) is 0.575. The Labute approximate surface area is 189 Å². The maximum absolute atomic E-state index is 13.4. The molecule has 5 nitrogen and oxygen atoms in total. The van der Waals surface area contributed by atoms with Crippen molar-refractivity contribution in [2.45, 2.75) is 64.1 Å². The van der Waals surface area contributed by atoms with Gasteiger partial charge in [0, 0.05) is 17.6 Å². The monoisotopic (exact) mass is 442 g/mol. The fourth-order valence-electron chi connectivity index (χ4n) is 4.13. The number of rotatable bonds is 9. The first-order chi connectivity index (χ1) is 15.0. The maximum Gasteiger partial charge on any atom is 0.243 e. The zero-order valence-electron chi connectivity index (χ0n) is 18.3. The Morgan fingerprint density at radius 1 is 1.13 bits per heavy atom. The summed E-state index contributed by atoms with van der Waals surface area (Å²) in [6.07, 6.45) is 5.08. The Balaban J connectivity index is 1.82. The summed E-state index contributed by atoms with van der Waals surface area (Å²) in [5.41, 5.74) is 1.80. The molecule has 0 unspecified atom stereocenters. The highest BCUT2D eigenvalue weighted by molar-refractivity contribution is 6.30. The van der Waals surface area contributed by atoms with Crippen LogP contribution in [0.2, 0.25) is 5.02 Å². The number of carbonyl (C=O) groups excluding carboxylic acids is 2. The number of ether oxygens (including phenoxy) is 1. The van der Waals surface area contributed by atoms with E-state index in [0.717, 1.165) is 42.6 Å². The Hall–Kier alpha value is -2.53. The van der Waals surface area contributed by atoms with Crippen molar-refractivity contribution in [3.63, 3.8) is 0 Å². The lowest BCUT2D eigenvalue weighted by Gasteiger charge is -2.31. The van der Waals surface area contributed by atoms with E-state index in [2.05, 4.69) is 5.32 Å². The van der Waals surface area contributed by atoms with Gasteiger partial charge in [-0.1, -0.05) is 55.6 Å². The summed E-state index contributed by atoms with van der Waals surface area (Å²) in [7, 11) is 1.62. The molecule has 1 aliphatic carbocycles. The van der Waals surface area contributed by atoms with Gasteiger partial charge in [-0.15, -0.1) is 0 Å². The van der Waals surface area contributed by atoms with Gasteiger partial charge in [-0.2, -0.15) is 0 Å². The van der Waals surface area contributed by atoms with Crippen LogP contribution in [0.15, 0.2) is 48.5 Å². The number of nitrogens with one attached hydrogen (secondary N) is 1. The molecule has 0 spiro atoms. The number of hydrogen-bond acceptors (Lipinski definition) is 3. The predicted octanol–water partition coefficient (Wildman–Crippen LogP) is 4.76. The average molecular weight is 443 g/mol. The largest absolute Gasteiger partial charge is 0.497 e. The summed E-state index contributed by atoms with van der Waals surface area (Å²) >= 11 is 5.98. The van der Waals surface area contributed by atoms with E-state index in [1.165, 1.54) is 0 Å². The van der Waals surface area contributed by atoms with Crippen LogP contribution < -0.4 is 10.1 Å². The minimum Gasteiger partial charge on any atom is -0.497 e. The third-order valence-corrected chi connectivity index (χ3v) is 6.10. The number of methoxy groups -OCH3 is 1. The predicted molar refractivity (Wildman–Crippen MR) is 123 cm³/mol. The van der Waals surface area contributed by atoms with E-state index in [1.54, 1.807) is 24.1 Å². The molecule has 3 rings (SSSR count). The summed E-state index contributed by atoms with van der Waals surface area (Å²) < 4.78 is 5.33. The molecule has 31 heavy (non-hydrogen) atoms. The Morgan fingerprint density at radius 3 is 2.48 bits per heavy atom. The Kier molecular flexibility index (Phi) is 8.35. The van der Waals surface area contributed by atoms with Gasteiger partial charge in [0.05, 0.1) is 13.5 Å². The van der Waals surface area contributed by atoms with Crippen LogP contribution in [0, 0.1) is 0 Å². The molecule has 1 N–H and O–H groups in total. The molecule has 0 aromatic heterocycles. The number of amides is 2. The van der Waals surface area contributed by atoms with Crippen molar-refractivity contribution in [3.8, 4) is 5.75 Å². The van der Waals surface area contributed by atoms with Crippen LogP contribution in [-0.2, 0) is 22.6 Å². The van der Waals surface area contributed by atoms with Crippen molar-refractivity contribution < 1.29 is 14.3 Å². The van der Waals surface area contributed by atoms with Crippen molar-refractivity contribution >= 4 is 23.4 Å². The molecule has 1 saturated carbocycles. The summed E-state index contributed by atoms with van der Waals surface area (Å²) in [6, 6.07) is 14.6. The van der Waals surface area contributed by atoms with Crippen molar-refractivity contribution in [2.24, 2.45) is 0 Å². The molecule has 2 aromatic rings. The number of benzene rings is 2. The van der Waals surface area contributed by atoms with Gasteiger partial charge in [0.15, 0.2) is 0 Å². The van der Waals surface area contributed by atoms with Crippen LogP contribution in [0.3, 0.4) is 0 Å². The molecule has 0 radical (unpaired) electrons. The SMILES string of the molecule is CC[C@H](C(=O)NC1CCCC1)N(Cc1cccc(OC)c1)C(=O)Cc1ccc(Cl)cc1. The van der Waals surface area contributed by atoms with Gasteiger partial charge in [0.25, 0.3) is 0 Å². The van der Waals surface area contributed by atoms with E-state index in [9.17, 15) is 9.59 Å². The summed E-state index contributed by atoms with van der Waals surface area (Å²) in [4.78, 5) is 28.2. The first-order valence-corrected chi connectivity index (χ1v) is 11.3. The molecule has 2 aromatic carbocycles. The number of nitrogens with zero attached hydrogens (tertiary/aromatic N) is 1. The number of halogens is 1. The molecule has 1 aliphatic rings. The van der Waals surface area contributed by atoms with E-state index < -0.39 is 6.04 Å². The molecule has 6 heteroatoms.